The second-order valence-electron chi connectivity index (χ2n) is 5.78. The van der Waals surface area contributed by atoms with Crippen molar-refractivity contribution in [2.24, 2.45) is 0 Å². The standard InChI is InChI=1S/C16H23N5/c1-2-9-21-16(18-12-19-21)11-20(15-7-8-15)10-13-3-5-14(17)6-4-13/h3-6,12,15H,2,7-11,17H2,1H3. The molecule has 1 aromatic carbocycles. The molecule has 0 atom stereocenters. The second-order valence-corrected chi connectivity index (χ2v) is 5.78. The van der Waals surface area contributed by atoms with E-state index >= 15 is 0 Å². The number of nitrogens with zero attached hydrogens (tertiary/aromatic N) is 4. The first-order valence-electron chi connectivity index (χ1n) is 7.71. The van der Waals surface area contributed by atoms with Crippen LogP contribution in [0.1, 0.15) is 37.6 Å². The van der Waals surface area contributed by atoms with Crippen molar-refractivity contribution in [3.8, 4) is 0 Å². The molecular weight excluding hydrogens is 262 g/mol. The summed E-state index contributed by atoms with van der Waals surface area (Å²) in [4.78, 5) is 6.93. The first-order valence-corrected chi connectivity index (χ1v) is 7.71. The van der Waals surface area contributed by atoms with Gasteiger partial charge in [0, 0.05) is 24.8 Å². The van der Waals surface area contributed by atoms with Gasteiger partial charge in [0.1, 0.15) is 12.2 Å². The molecule has 1 fully saturated rings. The fourth-order valence-electron chi connectivity index (χ4n) is 2.60. The Bertz CT molecular complexity index is 571. The molecule has 112 valence electrons. The third-order valence-electron chi connectivity index (χ3n) is 3.90. The Morgan fingerprint density at radius 2 is 2.00 bits per heavy atom. The average Bonchev–Trinajstić information content (AvgIpc) is 3.24. The van der Waals surface area contributed by atoms with Crippen LogP contribution in [-0.4, -0.2) is 25.7 Å². The Balaban J connectivity index is 1.70. The van der Waals surface area contributed by atoms with E-state index in [4.69, 9.17) is 5.73 Å². The molecule has 1 aromatic heterocycles. The lowest BCUT2D eigenvalue weighted by Crippen LogP contribution is -2.27. The second kappa shape index (κ2) is 6.26. The zero-order valence-corrected chi connectivity index (χ0v) is 12.6. The van der Waals surface area contributed by atoms with E-state index in [0.29, 0.717) is 6.04 Å². The number of aromatic nitrogens is 3. The normalized spacial score (nSPS) is 14.8. The fourth-order valence-corrected chi connectivity index (χ4v) is 2.60. The van der Waals surface area contributed by atoms with Gasteiger partial charge < -0.3 is 5.73 Å². The van der Waals surface area contributed by atoms with Crippen LogP contribution in [0.3, 0.4) is 0 Å². The number of rotatable bonds is 7. The van der Waals surface area contributed by atoms with Crippen LogP contribution in [0, 0.1) is 0 Å². The molecule has 1 aliphatic carbocycles. The van der Waals surface area contributed by atoms with Crippen molar-refractivity contribution in [3.05, 3.63) is 42.0 Å². The van der Waals surface area contributed by atoms with E-state index in [-0.39, 0.29) is 0 Å². The number of benzene rings is 1. The van der Waals surface area contributed by atoms with Gasteiger partial charge in [0.2, 0.25) is 0 Å². The number of hydrogen-bond acceptors (Lipinski definition) is 4. The maximum atomic E-state index is 5.76. The van der Waals surface area contributed by atoms with E-state index in [9.17, 15) is 0 Å². The summed E-state index contributed by atoms with van der Waals surface area (Å²) in [6.07, 6.45) is 5.32. The van der Waals surface area contributed by atoms with Gasteiger partial charge in [0.25, 0.3) is 0 Å². The predicted octanol–water partition coefficient (Wildman–Crippen LogP) is 2.43. The lowest BCUT2D eigenvalue weighted by molar-refractivity contribution is 0.234. The van der Waals surface area contributed by atoms with Crippen LogP contribution in [0.5, 0.6) is 0 Å². The van der Waals surface area contributed by atoms with Crippen molar-refractivity contribution in [3.63, 3.8) is 0 Å². The highest BCUT2D eigenvalue weighted by atomic mass is 15.4. The zero-order chi connectivity index (χ0) is 14.7. The van der Waals surface area contributed by atoms with Gasteiger partial charge in [-0.25, -0.2) is 9.67 Å². The Labute approximate surface area is 125 Å². The topological polar surface area (TPSA) is 60.0 Å². The molecule has 5 nitrogen and oxygen atoms in total. The van der Waals surface area contributed by atoms with Crippen LogP contribution in [0.4, 0.5) is 5.69 Å². The molecule has 1 aliphatic rings. The molecule has 2 N–H and O–H groups in total. The summed E-state index contributed by atoms with van der Waals surface area (Å²) < 4.78 is 2.03. The van der Waals surface area contributed by atoms with E-state index in [2.05, 4.69) is 34.0 Å². The third kappa shape index (κ3) is 3.61. The minimum Gasteiger partial charge on any atom is -0.399 e. The minimum atomic E-state index is 0.689. The lowest BCUT2D eigenvalue weighted by Gasteiger charge is -2.22. The first kappa shape index (κ1) is 14.1. The van der Waals surface area contributed by atoms with E-state index in [1.165, 1.54) is 18.4 Å². The van der Waals surface area contributed by atoms with Crippen LogP contribution in [0.25, 0.3) is 0 Å². The van der Waals surface area contributed by atoms with Crippen molar-refractivity contribution < 1.29 is 0 Å². The maximum absolute atomic E-state index is 5.76. The molecule has 0 spiro atoms. The van der Waals surface area contributed by atoms with E-state index < -0.39 is 0 Å². The quantitative estimate of drug-likeness (QED) is 0.794. The van der Waals surface area contributed by atoms with Crippen LogP contribution in [-0.2, 0) is 19.6 Å². The molecule has 0 radical (unpaired) electrons. The number of nitrogens with two attached hydrogens (primary N) is 1. The lowest BCUT2D eigenvalue weighted by atomic mass is 10.2. The monoisotopic (exact) mass is 285 g/mol. The van der Waals surface area contributed by atoms with Crippen LogP contribution >= 0.6 is 0 Å². The van der Waals surface area contributed by atoms with Crippen molar-refractivity contribution in [2.75, 3.05) is 5.73 Å². The van der Waals surface area contributed by atoms with Gasteiger partial charge in [-0.05, 0) is 37.0 Å². The summed E-state index contributed by atoms with van der Waals surface area (Å²) in [6, 6.07) is 8.86. The van der Waals surface area contributed by atoms with Crippen LogP contribution in [0.2, 0.25) is 0 Å². The highest BCUT2D eigenvalue weighted by molar-refractivity contribution is 5.39. The molecule has 1 saturated carbocycles. The Morgan fingerprint density at radius 1 is 1.24 bits per heavy atom. The molecule has 5 heteroatoms. The largest absolute Gasteiger partial charge is 0.399 e. The Morgan fingerprint density at radius 3 is 2.67 bits per heavy atom. The fraction of sp³-hybridized carbons (Fsp3) is 0.500. The Hall–Kier alpha value is -1.88. The smallest absolute Gasteiger partial charge is 0.141 e. The minimum absolute atomic E-state index is 0.689. The summed E-state index contributed by atoms with van der Waals surface area (Å²) in [6.45, 7) is 4.92. The van der Waals surface area contributed by atoms with Crippen molar-refractivity contribution in [2.45, 2.75) is 51.9 Å². The maximum Gasteiger partial charge on any atom is 0.141 e. The number of nitrogen functional groups attached to an aromatic ring is 1. The third-order valence-corrected chi connectivity index (χ3v) is 3.90. The average molecular weight is 285 g/mol. The number of anilines is 1. The van der Waals surface area contributed by atoms with Gasteiger partial charge in [-0.15, -0.1) is 0 Å². The summed E-state index contributed by atoms with van der Waals surface area (Å²) in [5.74, 6) is 1.07. The molecule has 21 heavy (non-hydrogen) atoms. The van der Waals surface area contributed by atoms with Crippen molar-refractivity contribution in [1.29, 1.82) is 0 Å². The highest BCUT2D eigenvalue weighted by Crippen LogP contribution is 2.29. The molecular formula is C16H23N5. The van der Waals surface area contributed by atoms with Crippen LogP contribution in [0.15, 0.2) is 30.6 Å². The SMILES string of the molecule is CCCn1ncnc1CN(Cc1ccc(N)cc1)C1CC1. The Kier molecular flexibility index (Phi) is 4.20. The van der Waals surface area contributed by atoms with Gasteiger partial charge in [0.15, 0.2) is 0 Å². The van der Waals surface area contributed by atoms with Crippen molar-refractivity contribution in [1.82, 2.24) is 19.7 Å². The first-order chi connectivity index (χ1) is 10.3. The molecule has 0 bridgehead atoms. The zero-order valence-electron chi connectivity index (χ0n) is 12.6. The number of aryl methyl sites for hydroxylation is 1. The molecule has 0 unspecified atom stereocenters. The molecule has 0 aliphatic heterocycles. The van der Waals surface area contributed by atoms with Gasteiger partial charge in [-0.3, -0.25) is 4.90 Å². The van der Waals surface area contributed by atoms with E-state index in [1.807, 2.05) is 16.8 Å². The summed E-state index contributed by atoms with van der Waals surface area (Å²) >= 11 is 0. The molecule has 0 saturated heterocycles. The van der Waals surface area contributed by atoms with E-state index in [1.54, 1.807) is 6.33 Å². The molecule has 3 rings (SSSR count). The summed E-state index contributed by atoms with van der Waals surface area (Å²) in [5.41, 5.74) is 7.88. The molecule has 1 heterocycles. The summed E-state index contributed by atoms with van der Waals surface area (Å²) in [5, 5.41) is 4.32. The molecule has 2 aromatic rings. The van der Waals surface area contributed by atoms with Gasteiger partial charge >= 0.3 is 0 Å². The van der Waals surface area contributed by atoms with Gasteiger partial charge in [0.05, 0.1) is 6.54 Å². The van der Waals surface area contributed by atoms with Gasteiger partial charge in [-0.2, -0.15) is 5.10 Å². The number of hydrogen-bond donors (Lipinski definition) is 1. The molecule has 0 amide bonds. The predicted molar refractivity (Wildman–Crippen MR) is 83.4 cm³/mol. The van der Waals surface area contributed by atoms with Crippen LogP contribution < -0.4 is 5.73 Å². The van der Waals surface area contributed by atoms with E-state index in [0.717, 1.165) is 37.6 Å². The van der Waals surface area contributed by atoms with Crippen molar-refractivity contribution >= 4 is 5.69 Å². The highest BCUT2D eigenvalue weighted by Gasteiger charge is 2.29. The summed E-state index contributed by atoms with van der Waals surface area (Å²) in [7, 11) is 0. The van der Waals surface area contributed by atoms with Gasteiger partial charge in [-0.1, -0.05) is 19.1 Å².